The van der Waals surface area contributed by atoms with E-state index in [1.54, 1.807) is 0 Å². The second-order valence-corrected chi connectivity index (χ2v) is 24.5. The number of nitrogens with two attached hydrogens (primary N) is 1. The van der Waals surface area contributed by atoms with E-state index in [2.05, 4.69) is 26.0 Å². The standard InChI is InChI=1S/C66H130NO8P/c1-3-5-7-9-11-13-15-17-19-21-22-23-24-25-26-27-28-29-30-31-32-33-34-35-36-37-38-39-40-41-42-43-45-46-48-50-52-54-56-58-65(68)72-62-64(63-74-76(70,71)73-61-60-67)75-66(69)59-57-55-53-51-49-47-44-20-18-16-14-12-10-8-6-4-2/h20,44,64H,3-19,21-43,45-63,67H2,1-2H3,(H,70,71)/b44-20-. The van der Waals surface area contributed by atoms with Crippen LogP contribution in [-0.2, 0) is 32.7 Å². The van der Waals surface area contributed by atoms with Crippen molar-refractivity contribution < 1.29 is 37.6 Å². The number of unbranched alkanes of at least 4 members (excludes halogenated alkanes) is 50. The first-order valence-corrected chi connectivity index (χ1v) is 35.2. The molecule has 9 nitrogen and oxygen atoms in total. The van der Waals surface area contributed by atoms with Crippen LogP contribution in [0.4, 0.5) is 0 Å². The Morgan fingerprint density at radius 2 is 0.645 bits per heavy atom. The fourth-order valence-corrected chi connectivity index (χ4v) is 11.2. The van der Waals surface area contributed by atoms with E-state index in [4.69, 9.17) is 24.3 Å². The van der Waals surface area contributed by atoms with E-state index < -0.39 is 26.5 Å². The third-order valence-electron chi connectivity index (χ3n) is 15.4. The molecule has 10 heteroatoms. The molecule has 0 aliphatic heterocycles. The van der Waals surface area contributed by atoms with Gasteiger partial charge in [-0.1, -0.05) is 328 Å². The van der Waals surface area contributed by atoms with Crippen molar-refractivity contribution in [3.05, 3.63) is 12.2 Å². The third-order valence-corrected chi connectivity index (χ3v) is 16.4. The van der Waals surface area contributed by atoms with Crippen molar-refractivity contribution in [3.8, 4) is 0 Å². The lowest BCUT2D eigenvalue weighted by Gasteiger charge is -2.19. The number of phosphoric acid groups is 1. The Balaban J connectivity index is 3.70. The lowest BCUT2D eigenvalue weighted by Crippen LogP contribution is -2.29. The first kappa shape index (κ1) is 74.8. The number of hydrogen-bond donors (Lipinski definition) is 2. The van der Waals surface area contributed by atoms with Crippen molar-refractivity contribution in [2.24, 2.45) is 5.73 Å². The number of carbonyl (C=O) groups is 2. The maximum Gasteiger partial charge on any atom is 0.472 e. The average molecular weight is 1100 g/mol. The highest BCUT2D eigenvalue weighted by atomic mass is 31.2. The second-order valence-electron chi connectivity index (χ2n) is 23.1. The van der Waals surface area contributed by atoms with Gasteiger partial charge in [0.1, 0.15) is 6.61 Å². The lowest BCUT2D eigenvalue weighted by molar-refractivity contribution is -0.161. The molecule has 0 bridgehead atoms. The molecule has 0 radical (unpaired) electrons. The Kier molecular flexibility index (Phi) is 61.9. The highest BCUT2D eigenvalue weighted by Gasteiger charge is 2.26. The summed E-state index contributed by atoms with van der Waals surface area (Å²) in [5.41, 5.74) is 5.38. The van der Waals surface area contributed by atoms with Crippen LogP contribution in [-0.4, -0.2) is 49.3 Å². The maximum absolute atomic E-state index is 12.7. The van der Waals surface area contributed by atoms with Crippen LogP contribution in [0.2, 0.25) is 0 Å². The minimum Gasteiger partial charge on any atom is -0.462 e. The SMILES string of the molecule is CCCCCCCCC/C=C\CCCCCCCC(=O)OC(COC(=O)CCCCCCCCCCCCCCCCCCCCCCCCCCCCCCCCCCCCCCCCC)COP(=O)(O)OCCN. The molecule has 2 unspecified atom stereocenters. The van der Waals surface area contributed by atoms with E-state index in [1.165, 1.54) is 283 Å². The molecule has 0 aromatic rings. The van der Waals surface area contributed by atoms with Gasteiger partial charge >= 0.3 is 19.8 Å². The molecular formula is C66H130NO8P. The van der Waals surface area contributed by atoms with Crippen LogP contribution in [0.3, 0.4) is 0 Å². The van der Waals surface area contributed by atoms with Gasteiger partial charge in [0.15, 0.2) is 6.10 Å². The number of allylic oxidation sites excluding steroid dienone is 2. The lowest BCUT2D eigenvalue weighted by atomic mass is 10.0. The van der Waals surface area contributed by atoms with Gasteiger partial charge in [0.2, 0.25) is 0 Å². The number of hydrogen-bond acceptors (Lipinski definition) is 8. The van der Waals surface area contributed by atoms with Crippen molar-refractivity contribution in [1.82, 2.24) is 0 Å². The van der Waals surface area contributed by atoms with Gasteiger partial charge in [-0.15, -0.1) is 0 Å². The third kappa shape index (κ3) is 62.0. The molecule has 0 rings (SSSR count). The fourth-order valence-electron chi connectivity index (χ4n) is 10.4. The van der Waals surface area contributed by atoms with Gasteiger partial charge in [-0.3, -0.25) is 18.6 Å². The summed E-state index contributed by atoms with van der Waals surface area (Å²) in [4.78, 5) is 35.2. The van der Waals surface area contributed by atoms with E-state index in [0.717, 1.165) is 51.4 Å². The van der Waals surface area contributed by atoms with Gasteiger partial charge in [0.05, 0.1) is 13.2 Å². The minimum absolute atomic E-state index is 0.0553. The van der Waals surface area contributed by atoms with Gasteiger partial charge in [-0.2, -0.15) is 0 Å². The molecule has 0 aliphatic rings. The topological polar surface area (TPSA) is 134 Å². The Morgan fingerprint density at radius 3 is 0.934 bits per heavy atom. The summed E-state index contributed by atoms with van der Waals surface area (Å²) in [6, 6.07) is 0. The second kappa shape index (κ2) is 62.9. The van der Waals surface area contributed by atoms with Crippen LogP contribution in [0.5, 0.6) is 0 Å². The van der Waals surface area contributed by atoms with E-state index in [1.807, 2.05) is 0 Å². The van der Waals surface area contributed by atoms with E-state index in [-0.39, 0.29) is 38.6 Å². The van der Waals surface area contributed by atoms with Crippen molar-refractivity contribution in [1.29, 1.82) is 0 Å². The largest absolute Gasteiger partial charge is 0.472 e. The zero-order valence-electron chi connectivity index (χ0n) is 50.8. The highest BCUT2D eigenvalue weighted by Crippen LogP contribution is 2.43. The van der Waals surface area contributed by atoms with Crippen molar-refractivity contribution in [2.75, 3.05) is 26.4 Å². The predicted molar refractivity (Wildman–Crippen MR) is 326 cm³/mol. The highest BCUT2D eigenvalue weighted by molar-refractivity contribution is 7.47. The first-order chi connectivity index (χ1) is 37.3. The maximum atomic E-state index is 12.7. The van der Waals surface area contributed by atoms with Gasteiger partial charge in [0.25, 0.3) is 0 Å². The monoisotopic (exact) mass is 1100 g/mol. The van der Waals surface area contributed by atoms with Crippen LogP contribution in [0.1, 0.15) is 367 Å². The molecule has 76 heavy (non-hydrogen) atoms. The quantitative estimate of drug-likeness (QED) is 0.0264. The normalized spacial score (nSPS) is 12.9. The molecule has 2 atom stereocenters. The first-order valence-electron chi connectivity index (χ1n) is 33.7. The van der Waals surface area contributed by atoms with Crippen molar-refractivity contribution >= 4 is 19.8 Å². The zero-order valence-corrected chi connectivity index (χ0v) is 51.7. The summed E-state index contributed by atoms with van der Waals surface area (Å²) >= 11 is 0. The number of rotatable bonds is 65. The molecule has 3 N–H and O–H groups in total. The fraction of sp³-hybridized carbons (Fsp3) is 0.939. The molecule has 0 aliphatic carbocycles. The summed E-state index contributed by atoms with van der Waals surface area (Å²) < 4.78 is 33.1. The predicted octanol–water partition coefficient (Wildman–Crippen LogP) is 21.6. The van der Waals surface area contributed by atoms with E-state index in [9.17, 15) is 19.0 Å². The van der Waals surface area contributed by atoms with Crippen LogP contribution in [0, 0.1) is 0 Å². The molecule has 0 saturated carbocycles. The Labute approximate surface area is 472 Å². The van der Waals surface area contributed by atoms with Crippen LogP contribution >= 0.6 is 7.82 Å². The number of phosphoric ester groups is 1. The Morgan fingerprint density at radius 1 is 0.382 bits per heavy atom. The summed E-state index contributed by atoms with van der Waals surface area (Å²) in [5.74, 6) is -0.817. The smallest absolute Gasteiger partial charge is 0.462 e. The van der Waals surface area contributed by atoms with Crippen molar-refractivity contribution in [3.63, 3.8) is 0 Å². The van der Waals surface area contributed by atoms with Crippen LogP contribution in [0.15, 0.2) is 12.2 Å². The van der Waals surface area contributed by atoms with E-state index in [0.29, 0.717) is 6.42 Å². The summed E-state index contributed by atoms with van der Waals surface area (Å²) in [6.45, 7) is 3.80. The molecule has 0 heterocycles. The molecule has 0 aromatic carbocycles. The Hall–Kier alpha value is -1.25. The van der Waals surface area contributed by atoms with Crippen LogP contribution < -0.4 is 5.73 Å². The number of esters is 2. The average Bonchev–Trinajstić information content (AvgIpc) is 3.41. The summed E-state index contributed by atoms with van der Waals surface area (Å²) in [7, 11) is -4.38. The molecule has 0 amide bonds. The van der Waals surface area contributed by atoms with Gasteiger partial charge in [-0.25, -0.2) is 4.57 Å². The van der Waals surface area contributed by atoms with Gasteiger partial charge in [-0.05, 0) is 38.5 Å². The molecule has 452 valence electrons. The minimum atomic E-state index is -4.38. The number of ether oxygens (including phenoxy) is 2. The van der Waals surface area contributed by atoms with Gasteiger partial charge in [0, 0.05) is 19.4 Å². The van der Waals surface area contributed by atoms with Crippen LogP contribution in [0.25, 0.3) is 0 Å². The summed E-state index contributed by atoms with van der Waals surface area (Å²) in [6.07, 6.45) is 74.8. The summed E-state index contributed by atoms with van der Waals surface area (Å²) in [5, 5.41) is 0. The van der Waals surface area contributed by atoms with E-state index >= 15 is 0 Å². The Bertz CT molecular complexity index is 1250. The molecule has 0 aromatic heterocycles. The molecule has 0 fully saturated rings. The van der Waals surface area contributed by atoms with Gasteiger partial charge < -0.3 is 20.1 Å². The zero-order chi connectivity index (χ0) is 55.2. The molecule has 0 saturated heterocycles. The molecule has 0 spiro atoms. The molecular weight excluding hydrogens is 966 g/mol. The van der Waals surface area contributed by atoms with Crippen molar-refractivity contribution in [2.45, 2.75) is 373 Å². The number of carbonyl (C=O) groups excluding carboxylic acids is 2.